The van der Waals surface area contributed by atoms with Crippen LogP contribution in [0.25, 0.3) is 0 Å². The number of halogens is 1. The zero-order valence-corrected chi connectivity index (χ0v) is 19.6. The molecule has 178 valence electrons. The summed E-state index contributed by atoms with van der Waals surface area (Å²) in [6.07, 6.45) is 0. The Labute approximate surface area is 196 Å². The van der Waals surface area contributed by atoms with Crippen molar-refractivity contribution in [3.8, 4) is 17.2 Å². The Bertz CT molecular complexity index is 1180. The number of benzene rings is 2. The van der Waals surface area contributed by atoms with Crippen LogP contribution >= 0.6 is 11.6 Å². The van der Waals surface area contributed by atoms with Crippen molar-refractivity contribution < 1.29 is 32.6 Å². The second-order valence-corrected chi connectivity index (χ2v) is 9.73. The van der Waals surface area contributed by atoms with Crippen LogP contribution in [-0.4, -0.2) is 74.4 Å². The number of nitrogens with zero attached hydrogens (tertiary/aromatic N) is 2. The molecule has 2 aromatic carbocycles. The Morgan fingerprint density at radius 3 is 2.42 bits per heavy atom. The van der Waals surface area contributed by atoms with Gasteiger partial charge in [-0.2, -0.15) is 4.31 Å². The normalized spacial score (nSPS) is 14.7. The molecule has 2 amide bonds. The Morgan fingerprint density at radius 1 is 1.15 bits per heavy atom. The lowest BCUT2D eigenvalue weighted by Crippen LogP contribution is -2.50. The van der Waals surface area contributed by atoms with Crippen LogP contribution in [0.4, 0.5) is 0 Å². The number of aromatic hydroxyl groups is 1. The van der Waals surface area contributed by atoms with E-state index in [4.69, 9.17) is 26.8 Å². The lowest BCUT2D eigenvalue weighted by molar-refractivity contribution is -0.119. The van der Waals surface area contributed by atoms with E-state index in [0.29, 0.717) is 5.56 Å². The maximum absolute atomic E-state index is 13.0. The van der Waals surface area contributed by atoms with Crippen molar-refractivity contribution in [2.45, 2.75) is 11.8 Å². The van der Waals surface area contributed by atoms with Crippen LogP contribution in [0.15, 0.2) is 35.2 Å². The number of hydrogen-bond acceptors (Lipinski definition) is 7. The molecule has 1 heterocycles. The van der Waals surface area contributed by atoms with E-state index in [1.165, 1.54) is 40.6 Å². The number of methoxy groups -OCH3 is 1. The number of rotatable bonds is 7. The standard InChI is InChI=1S/C21H24ClN3O7S/c1-13-3-4-16(26)18(9-13)33(29,30)25-7-5-24(6-8-25)21(28)14-10-15(22)20(17(11-14)31-2)32-12-19(23)27/h3-4,9-11,26H,5-8,12H2,1-2H3,(H2,23,27). The number of sulfonamides is 1. The van der Waals surface area contributed by atoms with Crippen LogP contribution in [0.3, 0.4) is 0 Å². The highest BCUT2D eigenvalue weighted by Crippen LogP contribution is 2.37. The van der Waals surface area contributed by atoms with E-state index >= 15 is 0 Å². The number of primary amides is 1. The average Bonchev–Trinajstić information content (AvgIpc) is 2.78. The SMILES string of the molecule is COc1cc(C(=O)N2CCN(S(=O)(=O)c3cc(C)ccc3O)CC2)cc(Cl)c1OCC(N)=O. The van der Waals surface area contributed by atoms with Gasteiger partial charge >= 0.3 is 0 Å². The monoisotopic (exact) mass is 497 g/mol. The molecule has 0 spiro atoms. The van der Waals surface area contributed by atoms with Gasteiger partial charge in [0.05, 0.1) is 12.1 Å². The van der Waals surface area contributed by atoms with Gasteiger partial charge in [0.2, 0.25) is 10.0 Å². The van der Waals surface area contributed by atoms with Gasteiger partial charge in [0.1, 0.15) is 10.6 Å². The molecule has 0 aliphatic carbocycles. The van der Waals surface area contributed by atoms with Crippen molar-refractivity contribution in [1.29, 1.82) is 0 Å². The first-order valence-electron chi connectivity index (χ1n) is 9.92. The van der Waals surface area contributed by atoms with Crippen LogP contribution in [-0.2, 0) is 14.8 Å². The summed E-state index contributed by atoms with van der Waals surface area (Å²) < 4.78 is 37.6. The Hall–Kier alpha value is -3.02. The smallest absolute Gasteiger partial charge is 0.255 e. The van der Waals surface area contributed by atoms with Crippen LogP contribution in [0, 0.1) is 6.92 Å². The molecule has 0 aromatic heterocycles. The van der Waals surface area contributed by atoms with E-state index < -0.39 is 22.5 Å². The molecule has 0 unspecified atom stereocenters. The lowest BCUT2D eigenvalue weighted by Gasteiger charge is -2.34. The summed E-state index contributed by atoms with van der Waals surface area (Å²) in [5.41, 5.74) is 6.00. The topological polar surface area (TPSA) is 139 Å². The maximum Gasteiger partial charge on any atom is 0.255 e. The maximum atomic E-state index is 13.0. The number of carbonyl (C=O) groups is 2. The second-order valence-electron chi connectivity index (χ2n) is 7.41. The van der Waals surface area contributed by atoms with E-state index in [1.807, 2.05) is 0 Å². The van der Waals surface area contributed by atoms with Crippen molar-refractivity contribution in [3.05, 3.63) is 46.5 Å². The summed E-state index contributed by atoms with van der Waals surface area (Å²) in [5.74, 6) is -1.14. The van der Waals surface area contributed by atoms with Crippen LogP contribution in [0.5, 0.6) is 17.2 Å². The van der Waals surface area contributed by atoms with E-state index in [0.717, 1.165) is 0 Å². The van der Waals surface area contributed by atoms with Gasteiger partial charge in [0.15, 0.2) is 18.1 Å². The summed E-state index contributed by atoms with van der Waals surface area (Å²) in [7, 11) is -2.55. The molecule has 3 N–H and O–H groups in total. The van der Waals surface area contributed by atoms with Gasteiger partial charge in [-0.1, -0.05) is 17.7 Å². The van der Waals surface area contributed by atoms with Gasteiger partial charge in [-0.05, 0) is 36.8 Å². The summed E-state index contributed by atoms with van der Waals surface area (Å²) in [5, 5.41) is 10.1. The second kappa shape index (κ2) is 9.86. The first kappa shape index (κ1) is 24.6. The number of ether oxygens (including phenoxy) is 2. The summed E-state index contributed by atoms with van der Waals surface area (Å²) in [4.78, 5) is 25.3. The third-order valence-electron chi connectivity index (χ3n) is 5.09. The van der Waals surface area contributed by atoms with Crippen molar-refractivity contribution in [1.82, 2.24) is 9.21 Å². The number of carbonyl (C=O) groups excluding carboxylic acids is 2. The summed E-state index contributed by atoms with van der Waals surface area (Å²) >= 11 is 6.22. The largest absolute Gasteiger partial charge is 0.507 e. The molecule has 2 aromatic rings. The molecule has 10 nitrogen and oxygen atoms in total. The van der Waals surface area contributed by atoms with Crippen molar-refractivity contribution in [3.63, 3.8) is 0 Å². The molecule has 33 heavy (non-hydrogen) atoms. The highest BCUT2D eigenvalue weighted by atomic mass is 35.5. The summed E-state index contributed by atoms with van der Waals surface area (Å²) in [6, 6.07) is 7.19. The highest BCUT2D eigenvalue weighted by Gasteiger charge is 2.32. The molecule has 1 saturated heterocycles. The number of nitrogens with two attached hydrogens (primary N) is 1. The molecule has 0 atom stereocenters. The van der Waals surface area contributed by atoms with Crippen LogP contribution < -0.4 is 15.2 Å². The molecule has 12 heteroatoms. The third kappa shape index (κ3) is 5.32. The van der Waals surface area contributed by atoms with Crippen LogP contribution in [0.1, 0.15) is 15.9 Å². The number of piperazine rings is 1. The molecular weight excluding hydrogens is 474 g/mol. The zero-order valence-electron chi connectivity index (χ0n) is 18.1. The average molecular weight is 498 g/mol. The fourth-order valence-electron chi connectivity index (χ4n) is 3.41. The molecule has 0 bridgehead atoms. The predicted molar refractivity (Wildman–Crippen MR) is 120 cm³/mol. The molecule has 1 aliphatic rings. The first-order chi connectivity index (χ1) is 15.5. The zero-order chi connectivity index (χ0) is 24.3. The number of amides is 2. The summed E-state index contributed by atoms with van der Waals surface area (Å²) in [6.45, 7) is 1.74. The Morgan fingerprint density at radius 2 is 1.82 bits per heavy atom. The Balaban J connectivity index is 1.74. The molecule has 0 saturated carbocycles. The minimum atomic E-state index is -3.92. The minimum absolute atomic E-state index is 0.0616. The van der Waals surface area contributed by atoms with Gasteiger partial charge in [-0.25, -0.2) is 8.42 Å². The minimum Gasteiger partial charge on any atom is -0.507 e. The van der Waals surface area contributed by atoms with Gasteiger partial charge in [-0.3, -0.25) is 9.59 Å². The van der Waals surface area contributed by atoms with E-state index in [9.17, 15) is 23.1 Å². The van der Waals surface area contributed by atoms with Crippen molar-refractivity contribution in [2.75, 3.05) is 39.9 Å². The van der Waals surface area contributed by atoms with Crippen LogP contribution in [0.2, 0.25) is 5.02 Å². The molecule has 1 aliphatic heterocycles. The van der Waals surface area contributed by atoms with Gasteiger partial charge < -0.3 is 25.2 Å². The number of aryl methyl sites for hydroxylation is 1. The van der Waals surface area contributed by atoms with Gasteiger partial charge in [-0.15, -0.1) is 0 Å². The Kier molecular flexibility index (Phi) is 7.35. The molecular formula is C21H24ClN3O7S. The number of phenols is 1. The predicted octanol–water partition coefficient (Wildman–Crippen LogP) is 1.37. The highest BCUT2D eigenvalue weighted by molar-refractivity contribution is 7.89. The lowest BCUT2D eigenvalue weighted by atomic mass is 10.1. The quantitative estimate of drug-likeness (QED) is 0.588. The van der Waals surface area contributed by atoms with Gasteiger partial charge in [0.25, 0.3) is 11.8 Å². The molecule has 0 radical (unpaired) electrons. The van der Waals surface area contributed by atoms with E-state index in [2.05, 4.69) is 0 Å². The molecule has 1 fully saturated rings. The molecule has 3 rings (SSSR count). The third-order valence-corrected chi connectivity index (χ3v) is 7.30. The number of phenolic OH excluding ortho intramolecular Hbond substituents is 1. The fourth-order valence-corrected chi connectivity index (χ4v) is 5.26. The van der Waals surface area contributed by atoms with E-state index in [-0.39, 0.29) is 64.8 Å². The van der Waals surface area contributed by atoms with Gasteiger partial charge in [0, 0.05) is 31.7 Å². The first-order valence-corrected chi connectivity index (χ1v) is 11.7. The van der Waals surface area contributed by atoms with Crippen molar-refractivity contribution >= 4 is 33.4 Å². The number of hydrogen-bond donors (Lipinski definition) is 2. The van der Waals surface area contributed by atoms with Crippen molar-refractivity contribution in [2.24, 2.45) is 5.73 Å². The van der Waals surface area contributed by atoms with E-state index in [1.54, 1.807) is 13.0 Å². The fraction of sp³-hybridized carbons (Fsp3) is 0.333.